The van der Waals surface area contributed by atoms with Crippen LogP contribution in [0.25, 0.3) is 10.9 Å². The van der Waals surface area contributed by atoms with Gasteiger partial charge in [-0.05, 0) is 58.8 Å². The molecular weight excluding hydrogens is 528 g/mol. The Morgan fingerprint density at radius 3 is 2.66 bits per heavy atom. The maximum Gasteiger partial charge on any atom is 0.252 e. The quantitative estimate of drug-likeness (QED) is 0.253. The Labute approximate surface area is 235 Å². The number of benzene rings is 2. The monoisotopic (exact) mass is 558 g/mol. The van der Waals surface area contributed by atoms with E-state index in [2.05, 4.69) is 32.3 Å². The number of ether oxygens (including phenoxy) is 4. The Morgan fingerprint density at radius 2 is 1.88 bits per heavy atom. The van der Waals surface area contributed by atoms with Gasteiger partial charge < -0.3 is 28.3 Å². The van der Waals surface area contributed by atoms with Gasteiger partial charge in [0, 0.05) is 30.1 Å². The van der Waals surface area contributed by atoms with Crippen molar-refractivity contribution in [2.45, 2.75) is 39.0 Å². The van der Waals surface area contributed by atoms with Gasteiger partial charge in [-0.15, -0.1) is 5.10 Å². The summed E-state index contributed by atoms with van der Waals surface area (Å²) in [6.07, 6.45) is 2.32. The number of furan rings is 1. The second-order valence-electron chi connectivity index (χ2n) is 9.71. The first kappa shape index (κ1) is 26.4. The molecule has 0 fully saturated rings. The minimum Gasteiger partial charge on any atom is -0.493 e. The molecule has 41 heavy (non-hydrogen) atoms. The third kappa shape index (κ3) is 5.33. The first-order chi connectivity index (χ1) is 20.1. The molecule has 0 saturated carbocycles. The largest absolute Gasteiger partial charge is 0.493 e. The fourth-order valence-corrected chi connectivity index (χ4v) is 5.18. The molecule has 0 saturated heterocycles. The lowest BCUT2D eigenvalue weighted by Crippen LogP contribution is -2.32. The Hall–Kier alpha value is -4.84. The number of nitrogens with zero attached hydrogens (tertiary/aromatic N) is 5. The number of pyridine rings is 1. The van der Waals surface area contributed by atoms with Gasteiger partial charge in [-0.2, -0.15) is 0 Å². The van der Waals surface area contributed by atoms with Gasteiger partial charge >= 0.3 is 0 Å². The summed E-state index contributed by atoms with van der Waals surface area (Å²) >= 11 is 0. The van der Waals surface area contributed by atoms with Gasteiger partial charge in [0.15, 0.2) is 28.8 Å². The van der Waals surface area contributed by atoms with Gasteiger partial charge in [-0.3, -0.25) is 9.69 Å². The van der Waals surface area contributed by atoms with Crippen LogP contribution in [0.1, 0.15) is 42.1 Å². The molecule has 1 aliphatic rings. The molecule has 212 valence electrons. The molecule has 0 amide bonds. The molecule has 12 nitrogen and oxygen atoms in total. The number of fused-ring (bicyclic) bond motifs is 2. The van der Waals surface area contributed by atoms with Gasteiger partial charge in [-0.25, -0.2) is 4.68 Å². The molecule has 2 aromatic carbocycles. The number of hydrogen-bond acceptors (Lipinski definition) is 10. The predicted octanol–water partition coefficient (Wildman–Crippen LogP) is 4.06. The summed E-state index contributed by atoms with van der Waals surface area (Å²) in [4.78, 5) is 18.6. The number of rotatable bonds is 11. The van der Waals surface area contributed by atoms with Crippen molar-refractivity contribution in [3.63, 3.8) is 0 Å². The van der Waals surface area contributed by atoms with Gasteiger partial charge in [0.2, 0.25) is 6.79 Å². The van der Waals surface area contributed by atoms with Crippen LogP contribution in [0.4, 0.5) is 0 Å². The molecular formula is C29H30N6O6. The third-order valence-electron chi connectivity index (χ3n) is 7.19. The number of aromatic amines is 1. The summed E-state index contributed by atoms with van der Waals surface area (Å²) in [5.41, 5.74) is 2.06. The molecule has 12 heteroatoms. The van der Waals surface area contributed by atoms with Gasteiger partial charge in [0.05, 0.1) is 32.0 Å². The average molecular weight is 559 g/mol. The van der Waals surface area contributed by atoms with Crippen LogP contribution >= 0.6 is 0 Å². The molecule has 1 N–H and O–H groups in total. The molecule has 0 aliphatic carbocycles. The number of aromatic nitrogens is 5. The summed E-state index contributed by atoms with van der Waals surface area (Å²) in [6.45, 7) is 3.50. The van der Waals surface area contributed by atoms with Gasteiger partial charge in [-0.1, -0.05) is 13.0 Å². The molecule has 4 heterocycles. The minimum absolute atomic E-state index is 0.189. The second kappa shape index (κ2) is 11.3. The van der Waals surface area contributed by atoms with Crippen molar-refractivity contribution in [3.8, 4) is 23.0 Å². The third-order valence-corrected chi connectivity index (χ3v) is 7.19. The predicted molar refractivity (Wildman–Crippen MR) is 148 cm³/mol. The Bertz CT molecular complexity index is 1710. The van der Waals surface area contributed by atoms with E-state index in [1.807, 2.05) is 42.5 Å². The number of tetrazole rings is 1. The smallest absolute Gasteiger partial charge is 0.252 e. The molecule has 1 aliphatic heterocycles. The Balaban J connectivity index is 1.38. The van der Waals surface area contributed by atoms with Crippen LogP contribution in [0.5, 0.6) is 23.0 Å². The first-order valence-electron chi connectivity index (χ1n) is 13.2. The first-order valence-corrected chi connectivity index (χ1v) is 13.2. The summed E-state index contributed by atoms with van der Waals surface area (Å²) in [5, 5.41) is 13.4. The zero-order chi connectivity index (χ0) is 28.3. The maximum atomic E-state index is 13.4. The lowest BCUT2D eigenvalue weighted by molar-refractivity contribution is 0.160. The summed E-state index contributed by atoms with van der Waals surface area (Å²) in [7, 11) is 3.15. The number of H-pyrrole nitrogens is 1. The highest BCUT2D eigenvalue weighted by molar-refractivity contribution is 5.83. The highest BCUT2D eigenvalue weighted by atomic mass is 16.7. The van der Waals surface area contributed by atoms with E-state index in [0.29, 0.717) is 66.0 Å². The molecule has 1 atom stereocenters. The number of methoxy groups -OCH3 is 2. The van der Waals surface area contributed by atoms with Crippen molar-refractivity contribution >= 4 is 10.9 Å². The molecule has 5 aromatic rings. The average Bonchev–Trinajstić information content (AvgIpc) is 3.76. The van der Waals surface area contributed by atoms with Gasteiger partial charge in [0.1, 0.15) is 12.3 Å². The van der Waals surface area contributed by atoms with Crippen molar-refractivity contribution in [3.05, 3.63) is 87.9 Å². The van der Waals surface area contributed by atoms with Crippen LogP contribution in [0.15, 0.2) is 64.0 Å². The number of hydrogen-bond donors (Lipinski definition) is 1. The fraction of sp³-hybridized carbons (Fsp3) is 0.310. The second-order valence-corrected chi connectivity index (χ2v) is 9.71. The fourth-order valence-electron chi connectivity index (χ4n) is 5.18. The summed E-state index contributed by atoms with van der Waals surface area (Å²) < 4.78 is 29.3. The van der Waals surface area contributed by atoms with Crippen LogP contribution < -0.4 is 24.5 Å². The Kier molecular flexibility index (Phi) is 7.30. The van der Waals surface area contributed by atoms with Crippen LogP contribution in [0, 0.1) is 0 Å². The summed E-state index contributed by atoms with van der Waals surface area (Å²) in [6, 6.07) is 14.9. The SMILES string of the molecule is CC[C@H](c1nnnn1Cc1ccco1)N(Cc1ccc2c(c1)OCO2)Cc1cc2cc(OC)c(OC)cc2[nH]c1=O. The van der Waals surface area contributed by atoms with E-state index >= 15 is 0 Å². The lowest BCUT2D eigenvalue weighted by atomic mass is 10.1. The standard InChI is InChI=1S/C29H30N6O6/c1-4-23(28-31-32-33-35(28)16-21-6-5-9-39-21)34(14-18-7-8-24-27(10-18)41-17-40-24)15-20-11-19-12-25(37-2)26(38-3)13-22(19)30-29(20)36/h5-13,23H,4,14-17H2,1-3H3,(H,30,36)/t23-/m1/s1. The maximum absolute atomic E-state index is 13.4. The van der Waals surface area contributed by atoms with E-state index in [-0.39, 0.29) is 18.4 Å². The zero-order valence-electron chi connectivity index (χ0n) is 23.0. The molecule has 0 unspecified atom stereocenters. The van der Waals surface area contributed by atoms with E-state index in [1.165, 1.54) is 0 Å². The van der Waals surface area contributed by atoms with Crippen molar-refractivity contribution in [2.24, 2.45) is 0 Å². The highest BCUT2D eigenvalue weighted by Crippen LogP contribution is 2.35. The van der Waals surface area contributed by atoms with Crippen molar-refractivity contribution in [2.75, 3.05) is 21.0 Å². The molecule has 3 aromatic heterocycles. The van der Waals surface area contributed by atoms with Crippen LogP contribution in [-0.4, -0.2) is 51.1 Å². The minimum atomic E-state index is -0.217. The van der Waals surface area contributed by atoms with E-state index in [4.69, 9.17) is 23.4 Å². The lowest BCUT2D eigenvalue weighted by Gasteiger charge is -2.30. The molecule has 0 spiro atoms. The van der Waals surface area contributed by atoms with Crippen LogP contribution in [-0.2, 0) is 19.6 Å². The molecule has 0 bridgehead atoms. The van der Waals surface area contributed by atoms with Crippen molar-refractivity contribution < 1.29 is 23.4 Å². The highest BCUT2D eigenvalue weighted by Gasteiger charge is 2.27. The zero-order valence-corrected chi connectivity index (χ0v) is 23.0. The Morgan fingerprint density at radius 1 is 1.05 bits per heavy atom. The summed E-state index contributed by atoms with van der Waals surface area (Å²) in [5.74, 6) is 3.95. The molecule has 0 radical (unpaired) electrons. The molecule has 6 rings (SSSR count). The van der Waals surface area contributed by atoms with Gasteiger partial charge in [0.25, 0.3) is 5.56 Å². The normalized spacial score (nSPS) is 13.2. The number of nitrogens with one attached hydrogen (secondary N) is 1. The topological polar surface area (TPSA) is 130 Å². The van der Waals surface area contributed by atoms with E-state index in [1.54, 1.807) is 31.2 Å². The van der Waals surface area contributed by atoms with Crippen LogP contribution in [0.2, 0.25) is 0 Å². The van der Waals surface area contributed by atoms with E-state index in [0.717, 1.165) is 16.7 Å². The van der Waals surface area contributed by atoms with E-state index < -0.39 is 0 Å². The van der Waals surface area contributed by atoms with Crippen LogP contribution in [0.3, 0.4) is 0 Å². The van der Waals surface area contributed by atoms with Crippen molar-refractivity contribution in [1.82, 2.24) is 30.1 Å². The van der Waals surface area contributed by atoms with E-state index in [9.17, 15) is 4.79 Å². The van der Waals surface area contributed by atoms with Crippen molar-refractivity contribution in [1.29, 1.82) is 0 Å².